The lowest BCUT2D eigenvalue weighted by Crippen LogP contribution is -2.31. The summed E-state index contributed by atoms with van der Waals surface area (Å²) in [5.41, 5.74) is 1.59. The lowest BCUT2D eigenvalue weighted by Gasteiger charge is -2.21. The summed E-state index contributed by atoms with van der Waals surface area (Å²) in [5, 5.41) is 3.36. The van der Waals surface area contributed by atoms with E-state index in [1.54, 1.807) is 12.1 Å². The number of carbonyl (C=O) groups is 2. The Bertz CT molecular complexity index is 889. The first-order valence-electron chi connectivity index (χ1n) is 9.34. The van der Waals surface area contributed by atoms with Gasteiger partial charge in [-0.05, 0) is 60.7 Å². The van der Waals surface area contributed by atoms with Crippen molar-refractivity contribution in [3.8, 4) is 5.75 Å². The zero-order chi connectivity index (χ0) is 21.5. The number of amides is 1. The lowest BCUT2D eigenvalue weighted by molar-refractivity contribution is -0.155. The van der Waals surface area contributed by atoms with Crippen LogP contribution < -0.4 is 10.1 Å². The monoisotopic (exact) mass is 485 g/mol. The second-order valence-electron chi connectivity index (χ2n) is 6.53. The Labute approximate surface area is 194 Å². The predicted octanol–water partition coefficient (Wildman–Crippen LogP) is 5.81. The van der Waals surface area contributed by atoms with Gasteiger partial charge in [0.05, 0.1) is 15.3 Å². The van der Waals surface area contributed by atoms with Crippen molar-refractivity contribution in [2.45, 2.75) is 24.0 Å². The zero-order valence-corrected chi connectivity index (χ0v) is 19.4. The van der Waals surface area contributed by atoms with E-state index in [-0.39, 0.29) is 6.61 Å². The van der Waals surface area contributed by atoms with E-state index in [1.165, 1.54) is 36.5 Å². The minimum absolute atomic E-state index is 0.290. The molecule has 5 nitrogen and oxygen atoms in total. The third-order valence-corrected chi connectivity index (χ3v) is 7.78. The van der Waals surface area contributed by atoms with Gasteiger partial charge < -0.3 is 14.8 Å². The molecule has 9 heteroatoms. The number of rotatable bonds is 7. The Morgan fingerprint density at radius 1 is 1.13 bits per heavy atom. The van der Waals surface area contributed by atoms with E-state index in [0.717, 1.165) is 0 Å². The van der Waals surface area contributed by atoms with Crippen LogP contribution in [0.15, 0.2) is 42.5 Å². The number of benzene rings is 2. The van der Waals surface area contributed by atoms with E-state index in [0.29, 0.717) is 26.1 Å². The van der Waals surface area contributed by atoms with Gasteiger partial charge >= 0.3 is 5.97 Å². The molecule has 0 saturated carbocycles. The highest BCUT2D eigenvalue weighted by Crippen LogP contribution is 2.43. The summed E-state index contributed by atoms with van der Waals surface area (Å²) < 4.78 is 11.1. The van der Waals surface area contributed by atoms with Gasteiger partial charge in [-0.25, -0.2) is 4.79 Å². The van der Waals surface area contributed by atoms with Gasteiger partial charge in [0.25, 0.3) is 5.91 Å². The average Bonchev–Trinajstić information content (AvgIpc) is 2.75. The Morgan fingerprint density at radius 2 is 1.83 bits per heavy atom. The molecule has 1 aliphatic rings. The van der Waals surface area contributed by atoms with Crippen LogP contribution in [0.3, 0.4) is 0 Å². The van der Waals surface area contributed by atoms with Crippen molar-refractivity contribution in [2.75, 3.05) is 23.4 Å². The van der Waals surface area contributed by atoms with Gasteiger partial charge in [0.1, 0.15) is 5.75 Å². The fraction of sp³-hybridized carbons (Fsp3) is 0.333. The maximum Gasteiger partial charge on any atom is 0.344 e. The van der Waals surface area contributed by atoms with E-state index in [9.17, 15) is 9.59 Å². The highest BCUT2D eigenvalue weighted by Gasteiger charge is 2.20. The smallest absolute Gasteiger partial charge is 0.344 e. The van der Waals surface area contributed by atoms with Gasteiger partial charge in [0.15, 0.2) is 12.7 Å². The first-order chi connectivity index (χ1) is 14.4. The number of esters is 1. The van der Waals surface area contributed by atoms with E-state index in [2.05, 4.69) is 5.32 Å². The molecular formula is C21H21Cl2NO4S2. The van der Waals surface area contributed by atoms with Crippen molar-refractivity contribution in [2.24, 2.45) is 0 Å². The van der Waals surface area contributed by atoms with Crippen LogP contribution in [0, 0.1) is 0 Å². The molecule has 0 bridgehead atoms. The Balaban J connectivity index is 1.45. The molecule has 0 spiro atoms. The van der Waals surface area contributed by atoms with Crippen LogP contribution in [0.1, 0.15) is 23.5 Å². The summed E-state index contributed by atoms with van der Waals surface area (Å²) in [6.07, 6.45) is 0.233. The predicted molar refractivity (Wildman–Crippen MR) is 125 cm³/mol. The summed E-state index contributed by atoms with van der Waals surface area (Å²) in [5.74, 6) is 1.77. The minimum atomic E-state index is -1.01. The van der Waals surface area contributed by atoms with Crippen molar-refractivity contribution >= 4 is 64.3 Å². The number of hydrogen-bond donors (Lipinski definition) is 1. The fourth-order valence-electron chi connectivity index (χ4n) is 2.66. The SMILES string of the molecule is C[C@H](OC(=O)COc1ccc(C2SCCCS2)cc1)C(=O)Nc1cc(Cl)ccc1Cl. The van der Waals surface area contributed by atoms with Crippen molar-refractivity contribution in [3.05, 3.63) is 58.1 Å². The Hall–Kier alpha value is -1.54. The molecule has 0 radical (unpaired) electrons. The third-order valence-electron chi connectivity index (χ3n) is 4.20. The van der Waals surface area contributed by atoms with Crippen molar-refractivity contribution in [1.29, 1.82) is 0 Å². The molecule has 0 aromatic heterocycles. The standard InChI is InChI=1S/C21H21Cl2NO4S2/c1-13(20(26)24-18-11-15(22)5-8-17(18)23)28-19(25)12-27-16-6-3-14(4-7-16)21-29-9-2-10-30-21/h3-8,11,13,21H,2,9-10,12H2,1H3,(H,24,26)/t13-/m0/s1. The van der Waals surface area contributed by atoms with E-state index >= 15 is 0 Å². The summed E-state index contributed by atoms with van der Waals surface area (Å²) >= 11 is 15.8. The van der Waals surface area contributed by atoms with Crippen molar-refractivity contribution < 1.29 is 19.1 Å². The lowest BCUT2D eigenvalue weighted by atomic mass is 10.2. The summed E-state index contributed by atoms with van der Waals surface area (Å²) in [7, 11) is 0. The molecule has 30 heavy (non-hydrogen) atoms. The molecule has 1 N–H and O–H groups in total. The van der Waals surface area contributed by atoms with Crippen LogP contribution in [0.2, 0.25) is 10.0 Å². The summed E-state index contributed by atoms with van der Waals surface area (Å²) in [6, 6.07) is 12.4. The molecule has 2 aromatic rings. The van der Waals surface area contributed by atoms with Gasteiger partial charge in [0.2, 0.25) is 0 Å². The second-order valence-corrected chi connectivity index (χ2v) is 10.1. The number of ether oxygens (including phenoxy) is 2. The topological polar surface area (TPSA) is 64.6 Å². The number of hydrogen-bond acceptors (Lipinski definition) is 6. The number of thioether (sulfide) groups is 2. The molecule has 3 rings (SSSR count). The van der Waals surface area contributed by atoms with Gasteiger partial charge in [-0.15, -0.1) is 23.5 Å². The van der Waals surface area contributed by atoms with E-state index < -0.39 is 18.0 Å². The van der Waals surface area contributed by atoms with Crippen LogP contribution in [-0.4, -0.2) is 36.1 Å². The number of halogens is 2. The number of carbonyl (C=O) groups excluding carboxylic acids is 2. The van der Waals surface area contributed by atoms with Gasteiger partial charge in [0, 0.05) is 5.02 Å². The van der Waals surface area contributed by atoms with Crippen molar-refractivity contribution in [3.63, 3.8) is 0 Å². The maximum atomic E-state index is 12.2. The molecule has 1 heterocycles. The molecule has 1 fully saturated rings. The van der Waals surface area contributed by atoms with Crippen LogP contribution in [0.4, 0.5) is 5.69 Å². The van der Waals surface area contributed by atoms with Gasteiger partial charge in [-0.2, -0.15) is 0 Å². The maximum absolute atomic E-state index is 12.2. The summed E-state index contributed by atoms with van der Waals surface area (Å²) in [6.45, 7) is 1.18. The Morgan fingerprint density at radius 3 is 2.53 bits per heavy atom. The molecule has 0 aliphatic carbocycles. The fourth-order valence-corrected chi connectivity index (χ4v) is 5.89. The van der Waals surface area contributed by atoms with Crippen molar-refractivity contribution in [1.82, 2.24) is 0 Å². The van der Waals surface area contributed by atoms with Crippen LogP contribution in [-0.2, 0) is 14.3 Å². The van der Waals surface area contributed by atoms with E-state index in [1.807, 2.05) is 47.8 Å². The molecule has 2 aromatic carbocycles. The molecule has 160 valence electrons. The van der Waals surface area contributed by atoms with Gasteiger partial charge in [-0.1, -0.05) is 35.3 Å². The normalized spacial score (nSPS) is 15.3. The molecule has 1 atom stereocenters. The van der Waals surface area contributed by atoms with Crippen LogP contribution >= 0.6 is 46.7 Å². The quantitative estimate of drug-likeness (QED) is 0.499. The van der Waals surface area contributed by atoms with Gasteiger partial charge in [-0.3, -0.25) is 4.79 Å². The van der Waals surface area contributed by atoms with E-state index in [4.69, 9.17) is 32.7 Å². The third kappa shape index (κ3) is 6.74. The summed E-state index contributed by atoms with van der Waals surface area (Å²) in [4.78, 5) is 24.3. The van der Waals surface area contributed by atoms with Crippen LogP contribution in [0.5, 0.6) is 5.75 Å². The highest BCUT2D eigenvalue weighted by molar-refractivity contribution is 8.16. The number of anilines is 1. The molecule has 0 unspecified atom stereocenters. The molecule has 1 aliphatic heterocycles. The number of nitrogens with one attached hydrogen (secondary N) is 1. The largest absolute Gasteiger partial charge is 0.482 e. The first-order valence-corrected chi connectivity index (χ1v) is 12.2. The average molecular weight is 486 g/mol. The first kappa shape index (κ1) is 23.1. The second kappa shape index (κ2) is 11.2. The Kier molecular flexibility index (Phi) is 8.62. The minimum Gasteiger partial charge on any atom is -0.482 e. The zero-order valence-electron chi connectivity index (χ0n) is 16.2. The molecule has 1 amide bonds. The molecule has 1 saturated heterocycles. The molecular weight excluding hydrogens is 465 g/mol. The highest BCUT2D eigenvalue weighted by atomic mass is 35.5. The van der Waals surface area contributed by atoms with Crippen LogP contribution in [0.25, 0.3) is 0 Å².